The number of aliphatic hydroxyl groups excluding tert-OH is 1. The Hall–Kier alpha value is 0.230. The lowest BCUT2D eigenvalue weighted by Gasteiger charge is -2.05. The highest BCUT2D eigenvalue weighted by molar-refractivity contribution is 8.00. The van der Waals surface area contributed by atoms with Crippen molar-refractivity contribution in [3.63, 3.8) is 0 Å². The van der Waals surface area contributed by atoms with Gasteiger partial charge in [0.1, 0.15) is 0 Å². The standard InChI is InChI=1S/C6H13NO2S/c8-3-5-1-6(2-7-9)10-4-5/h5-9H,1-4H2. The third-order valence-electron chi connectivity index (χ3n) is 1.74. The van der Waals surface area contributed by atoms with Gasteiger partial charge in [-0.05, 0) is 18.1 Å². The molecule has 0 radical (unpaired) electrons. The summed E-state index contributed by atoms with van der Waals surface area (Å²) in [5, 5.41) is 17.6. The highest BCUT2D eigenvalue weighted by Gasteiger charge is 2.23. The van der Waals surface area contributed by atoms with E-state index in [-0.39, 0.29) is 6.61 Å². The van der Waals surface area contributed by atoms with Gasteiger partial charge in [0.2, 0.25) is 0 Å². The third-order valence-corrected chi connectivity index (χ3v) is 3.24. The fourth-order valence-corrected chi connectivity index (χ4v) is 2.54. The molecule has 0 aliphatic carbocycles. The lowest BCUT2D eigenvalue weighted by molar-refractivity contribution is 0.163. The topological polar surface area (TPSA) is 52.5 Å². The zero-order valence-electron chi connectivity index (χ0n) is 5.79. The largest absolute Gasteiger partial charge is 0.396 e. The second-order valence-electron chi connectivity index (χ2n) is 2.60. The molecule has 10 heavy (non-hydrogen) atoms. The number of aliphatic hydroxyl groups is 1. The van der Waals surface area contributed by atoms with Crippen molar-refractivity contribution in [1.29, 1.82) is 0 Å². The Balaban J connectivity index is 2.15. The first-order valence-electron chi connectivity index (χ1n) is 3.46. The van der Waals surface area contributed by atoms with E-state index in [1.54, 1.807) is 0 Å². The summed E-state index contributed by atoms with van der Waals surface area (Å²) >= 11 is 1.82. The number of nitrogens with one attached hydrogen (secondary N) is 1. The zero-order chi connectivity index (χ0) is 7.40. The highest BCUT2D eigenvalue weighted by Crippen LogP contribution is 2.30. The summed E-state index contributed by atoms with van der Waals surface area (Å²) in [6.07, 6.45) is 1.02. The molecule has 1 aliphatic heterocycles. The van der Waals surface area contributed by atoms with E-state index in [0.717, 1.165) is 12.2 Å². The summed E-state index contributed by atoms with van der Waals surface area (Å²) < 4.78 is 0. The second kappa shape index (κ2) is 4.18. The summed E-state index contributed by atoms with van der Waals surface area (Å²) in [6, 6.07) is 0. The predicted molar refractivity (Wildman–Crippen MR) is 41.2 cm³/mol. The van der Waals surface area contributed by atoms with Crippen molar-refractivity contribution in [2.45, 2.75) is 11.7 Å². The monoisotopic (exact) mass is 163 g/mol. The molecule has 0 spiro atoms. The van der Waals surface area contributed by atoms with Crippen LogP contribution in [-0.2, 0) is 0 Å². The number of hydroxylamine groups is 1. The Kier molecular flexibility index (Phi) is 3.48. The van der Waals surface area contributed by atoms with E-state index in [1.807, 2.05) is 11.8 Å². The Morgan fingerprint density at radius 3 is 2.90 bits per heavy atom. The maximum Gasteiger partial charge on any atom is 0.0467 e. The molecule has 0 bridgehead atoms. The number of hydrogen-bond acceptors (Lipinski definition) is 4. The van der Waals surface area contributed by atoms with Gasteiger partial charge in [0, 0.05) is 18.4 Å². The van der Waals surface area contributed by atoms with Crippen LogP contribution in [0.15, 0.2) is 0 Å². The van der Waals surface area contributed by atoms with Crippen LogP contribution in [0.25, 0.3) is 0 Å². The third kappa shape index (κ3) is 2.12. The summed E-state index contributed by atoms with van der Waals surface area (Å²) in [5.74, 6) is 1.48. The van der Waals surface area contributed by atoms with Crippen molar-refractivity contribution in [2.75, 3.05) is 18.9 Å². The SMILES string of the molecule is OCC1CSC(CNO)C1. The molecular formula is C6H13NO2S. The van der Waals surface area contributed by atoms with Gasteiger partial charge in [0.25, 0.3) is 0 Å². The van der Waals surface area contributed by atoms with Crippen LogP contribution in [-0.4, -0.2) is 34.5 Å². The lowest BCUT2D eigenvalue weighted by atomic mass is 10.1. The van der Waals surface area contributed by atoms with Gasteiger partial charge in [-0.3, -0.25) is 0 Å². The molecular weight excluding hydrogens is 150 g/mol. The summed E-state index contributed by atoms with van der Waals surface area (Å²) in [6.45, 7) is 0.927. The Labute approximate surface area is 64.8 Å². The number of thioether (sulfide) groups is 1. The van der Waals surface area contributed by atoms with Crippen LogP contribution < -0.4 is 5.48 Å². The Morgan fingerprint density at radius 2 is 2.40 bits per heavy atom. The van der Waals surface area contributed by atoms with Gasteiger partial charge in [-0.25, -0.2) is 5.48 Å². The van der Waals surface area contributed by atoms with Crippen LogP contribution in [0.4, 0.5) is 0 Å². The smallest absolute Gasteiger partial charge is 0.0467 e. The number of hydrogen-bond donors (Lipinski definition) is 3. The van der Waals surface area contributed by atoms with Gasteiger partial charge >= 0.3 is 0 Å². The molecule has 1 fully saturated rings. The van der Waals surface area contributed by atoms with E-state index >= 15 is 0 Å². The Morgan fingerprint density at radius 1 is 1.60 bits per heavy atom. The van der Waals surface area contributed by atoms with Gasteiger partial charge < -0.3 is 10.3 Å². The molecule has 0 aromatic heterocycles. The molecule has 1 heterocycles. The molecule has 1 saturated heterocycles. The first-order valence-corrected chi connectivity index (χ1v) is 4.51. The van der Waals surface area contributed by atoms with Crippen molar-refractivity contribution in [2.24, 2.45) is 5.92 Å². The molecule has 4 heteroatoms. The van der Waals surface area contributed by atoms with E-state index in [2.05, 4.69) is 5.48 Å². The van der Waals surface area contributed by atoms with E-state index < -0.39 is 0 Å². The normalized spacial score (nSPS) is 33.0. The summed E-state index contributed by atoms with van der Waals surface area (Å²) in [5.41, 5.74) is 2.15. The van der Waals surface area contributed by atoms with Crippen LogP contribution in [0.2, 0.25) is 0 Å². The van der Waals surface area contributed by atoms with Crippen molar-refractivity contribution < 1.29 is 10.3 Å². The summed E-state index contributed by atoms with van der Waals surface area (Å²) in [7, 11) is 0. The summed E-state index contributed by atoms with van der Waals surface area (Å²) in [4.78, 5) is 0. The second-order valence-corrected chi connectivity index (χ2v) is 3.94. The zero-order valence-corrected chi connectivity index (χ0v) is 6.60. The predicted octanol–water partition coefficient (Wildman–Crippen LogP) is 0.0792. The maximum absolute atomic E-state index is 8.76. The quantitative estimate of drug-likeness (QED) is 0.516. The van der Waals surface area contributed by atoms with Crippen molar-refractivity contribution in [3.8, 4) is 0 Å². The molecule has 0 saturated carbocycles. The molecule has 3 nitrogen and oxygen atoms in total. The fourth-order valence-electron chi connectivity index (χ4n) is 1.15. The molecule has 1 aliphatic rings. The Bertz CT molecular complexity index is 102. The van der Waals surface area contributed by atoms with Crippen LogP contribution in [0.1, 0.15) is 6.42 Å². The van der Waals surface area contributed by atoms with E-state index in [4.69, 9.17) is 10.3 Å². The molecule has 1 rings (SSSR count). The molecule has 3 N–H and O–H groups in total. The molecule has 2 atom stereocenters. The van der Waals surface area contributed by atoms with Crippen LogP contribution in [0.3, 0.4) is 0 Å². The first kappa shape index (κ1) is 8.33. The van der Waals surface area contributed by atoms with Crippen molar-refractivity contribution >= 4 is 11.8 Å². The number of rotatable bonds is 3. The first-order chi connectivity index (χ1) is 4.86. The lowest BCUT2D eigenvalue weighted by Crippen LogP contribution is -2.20. The minimum atomic E-state index is 0.287. The van der Waals surface area contributed by atoms with Gasteiger partial charge in [-0.1, -0.05) is 0 Å². The highest BCUT2D eigenvalue weighted by atomic mass is 32.2. The molecule has 60 valence electrons. The van der Waals surface area contributed by atoms with Crippen molar-refractivity contribution in [3.05, 3.63) is 0 Å². The van der Waals surface area contributed by atoms with E-state index in [9.17, 15) is 0 Å². The average Bonchev–Trinajstić information content (AvgIpc) is 2.37. The molecule has 0 amide bonds. The molecule has 0 aromatic rings. The van der Waals surface area contributed by atoms with Crippen LogP contribution in [0, 0.1) is 5.92 Å². The van der Waals surface area contributed by atoms with Crippen LogP contribution >= 0.6 is 11.8 Å². The fraction of sp³-hybridized carbons (Fsp3) is 1.00. The maximum atomic E-state index is 8.76. The minimum absolute atomic E-state index is 0.287. The van der Waals surface area contributed by atoms with Gasteiger partial charge in [0.15, 0.2) is 0 Å². The molecule has 2 unspecified atom stereocenters. The van der Waals surface area contributed by atoms with Crippen molar-refractivity contribution in [1.82, 2.24) is 5.48 Å². The van der Waals surface area contributed by atoms with E-state index in [1.165, 1.54) is 0 Å². The molecule has 0 aromatic carbocycles. The van der Waals surface area contributed by atoms with E-state index in [0.29, 0.717) is 17.7 Å². The minimum Gasteiger partial charge on any atom is -0.396 e. The van der Waals surface area contributed by atoms with Gasteiger partial charge in [-0.2, -0.15) is 11.8 Å². The van der Waals surface area contributed by atoms with Gasteiger partial charge in [-0.15, -0.1) is 0 Å². The van der Waals surface area contributed by atoms with Gasteiger partial charge in [0.05, 0.1) is 0 Å². The van der Waals surface area contributed by atoms with Crippen LogP contribution in [0.5, 0.6) is 0 Å². The average molecular weight is 163 g/mol.